The number of benzene rings is 1. The number of hydrogen-bond donors (Lipinski definition) is 1. The lowest BCUT2D eigenvalue weighted by atomic mass is 9.98. The lowest BCUT2D eigenvalue weighted by Gasteiger charge is -2.27. The van der Waals surface area contributed by atoms with Gasteiger partial charge in [-0.15, -0.1) is 0 Å². The summed E-state index contributed by atoms with van der Waals surface area (Å²) in [7, 11) is -3.62. The van der Waals surface area contributed by atoms with Crippen LogP contribution in [0.4, 0.5) is 0 Å². The van der Waals surface area contributed by atoms with Crippen molar-refractivity contribution in [3.63, 3.8) is 0 Å². The van der Waals surface area contributed by atoms with Crippen molar-refractivity contribution in [3.8, 4) is 0 Å². The Balaban J connectivity index is 2.45. The third-order valence-electron chi connectivity index (χ3n) is 3.65. The average molecular weight is 318 g/mol. The van der Waals surface area contributed by atoms with Crippen molar-refractivity contribution < 1.29 is 8.42 Å². The van der Waals surface area contributed by atoms with Crippen LogP contribution in [0.1, 0.15) is 36.1 Å². The van der Waals surface area contributed by atoms with Gasteiger partial charge in [-0.25, -0.2) is 13.1 Å². The minimum absolute atomic E-state index is 0.357. The second-order valence-corrected chi connectivity index (χ2v) is 7.82. The van der Waals surface area contributed by atoms with Crippen LogP contribution in [-0.2, 0) is 15.6 Å². The standard InChI is InChI=1S/C17H22N2O2S/c1-12-9-13(2)16(14(3)10-12)22(20,21)19-17(4,5)15-7-6-8-18-11-15/h6-11,19H,1-5H3. The van der Waals surface area contributed by atoms with Crippen molar-refractivity contribution in [3.05, 3.63) is 58.9 Å². The van der Waals surface area contributed by atoms with Crippen molar-refractivity contribution in [2.75, 3.05) is 0 Å². The van der Waals surface area contributed by atoms with Crippen LogP contribution in [0, 0.1) is 20.8 Å². The maximum atomic E-state index is 12.8. The van der Waals surface area contributed by atoms with Gasteiger partial charge in [0.1, 0.15) is 0 Å². The fraction of sp³-hybridized carbons (Fsp3) is 0.353. The SMILES string of the molecule is Cc1cc(C)c(S(=O)(=O)NC(C)(C)c2cccnc2)c(C)c1. The number of nitrogens with one attached hydrogen (secondary N) is 1. The Morgan fingerprint density at radius 2 is 1.68 bits per heavy atom. The summed E-state index contributed by atoms with van der Waals surface area (Å²) in [5.41, 5.74) is 2.65. The predicted molar refractivity (Wildman–Crippen MR) is 88.2 cm³/mol. The van der Waals surface area contributed by atoms with Crippen molar-refractivity contribution in [1.82, 2.24) is 9.71 Å². The van der Waals surface area contributed by atoms with Gasteiger partial charge in [0, 0.05) is 12.4 Å². The van der Waals surface area contributed by atoms with Gasteiger partial charge < -0.3 is 0 Å². The van der Waals surface area contributed by atoms with E-state index in [0.29, 0.717) is 4.90 Å². The first-order valence-electron chi connectivity index (χ1n) is 7.16. The summed E-state index contributed by atoms with van der Waals surface area (Å²) >= 11 is 0. The zero-order valence-electron chi connectivity index (χ0n) is 13.6. The van der Waals surface area contributed by atoms with Crippen molar-refractivity contribution in [2.45, 2.75) is 45.1 Å². The second kappa shape index (κ2) is 5.82. The van der Waals surface area contributed by atoms with E-state index in [4.69, 9.17) is 0 Å². The molecular weight excluding hydrogens is 296 g/mol. The van der Waals surface area contributed by atoms with Gasteiger partial charge in [-0.3, -0.25) is 4.98 Å². The Bertz CT molecular complexity index is 759. The lowest BCUT2D eigenvalue weighted by Crippen LogP contribution is -2.41. The third-order valence-corrected chi connectivity index (χ3v) is 5.61. The quantitative estimate of drug-likeness (QED) is 0.941. The van der Waals surface area contributed by atoms with Gasteiger partial charge in [-0.05, 0) is 57.4 Å². The van der Waals surface area contributed by atoms with Gasteiger partial charge in [-0.1, -0.05) is 23.8 Å². The average Bonchev–Trinajstić information content (AvgIpc) is 2.36. The third kappa shape index (κ3) is 3.36. The van der Waals surface area contributed by atoms with Crippen LogP contribution < -0.4 is 4.72 Å². The van der Waals surface area contributed by atoms with Crippen LogP contribution in [0.25, 0.3) is 0 Å². The number of aryl methyl sites for hydroxylation is 3. The summed E-state index contributed by atoms with van der Waals surface area (Å²) in [6.45, 7) is 9.28. The smallest absolute Gasteiger partial charge is 0.241 e. The molecular formula is C17H22N2O2S. The normalized spacial score (nSPS) is 12.4. The monoisotopic (exact) mass is 318 g/mol. The minimum atomic E-state index is -3.62. The lowest BCUT2D eigenvalue weighted by molar-refractivity contribution is 0.470. The van der Waals surface area contributed by atoms with Gasteiger partial charge in [0.05, 0.1) is 10.4 Å². The number of rotatable bonds is 4. The van der Waals surface area contributed by atoms with Gasteiger partial charge in [-0.2, -0.15) is 0 Å². The van der Waals surface area contributed by atoms with Crippen LogP contribution in [0.5, 0.6) is 0 Å². The van der Waals surface area contributed by atoms with E-state index in [0.717, 1.165) is 22.3 Å². The second-order valence-electron chi connectivity index (χ2n) is 6.20. The summed E-state index contributed by atoms with van der Waals surface area (Å²) < 4.78 is 28.5. The van der Waals surface area contributed by atoms with E-state index in [-0.39, 0.29) is 0 Å². The molecule has 0 saturated carbocycles. The molecule has 0 spiro atoms. The molecule has 0 atom stereocenters. The zero-order valence-corrected chi connectivity index (χ0v) is 14.5. The maximum absolute atomic E-state index is 12.8. The van der Waals surface area contributed by atoms with Gasteiger partial charge in [0.2, 0.25) is 10.0 Å². The van der Waals surface area contributed by atoms with Crippen molar-refractivity contribution in [1.29, 1.82) is 0 Å². The first kappa shape index (κ1) is 16.6. The number of hydrogen-bond acceptors (Lipinski definition) is 3. The Kier molecular flexibility index (Phi) is 4.40. The van der Waals surface area contributed by atoms with Gasteiger partial charge in [0.25, 0.3) is 0 Å². The number of nitrogens with zero attached hydrogens (tertiary/aromatic N) is 1. The molecule has 0 fully saturated rings. The number of aromatic nitrogens is 1. The molecule has 0 aliphatic heterocycles. The Labute approximate surface area is 132 Å². The molecule has 5 heteroatoms. The molecule has 0 aliphatic rings. The van der Waals surface area contributed by atoms with Crippen LogP contribution in [0.2, 0.25) is 0 Å². The van der Waals surface area contributed by atoms with E-state index in [1.54, 1.807) is 18.5 Å². The topological polar surface area (TPSA) is 59.1 Å². The molecule has 2 aromatic rings. The molecule has 0 bridgehead atoms. The highest BCUT2D eigenvalue weighted by Crippen LogP contribution is 2.26. The summed E-state index contributed by atoms with van der Waals surface area (Å²) in [4.78, 5) is 4.42. The molecule has 0 saturated heterocycles. The van der Waals surface area contributed by atoms with Crippen molar-refractivity contribution >= 4 is 10.0 Å². The summed E-state index contributed by atoms with van der Waals surface area (Å²) in [6, 6.07) is 7.44. The Morgan fingerprint density at radius 3 is 2.18 bits per heavy atom. The van der Waals surface area contributed by atoms with Crippen LogP contribution in [-0.4, -0.2) is 13.4 Å². The highest BCUT2D eigenvalue weighted by atomic mass is 32.2. The largest absolute Gasteiger partial charge is 0.264 e. The van der Waals surface area contributed by atoms with E-state index < -0.39 is 15.6 Å². The van der Waals surface area contributed by atoms with Gasteiger partial charge >= 0.3 is 0 Å². The molecule has 0 radical (unpaired) electrons. The fourth-order valence-corrected chi connectivity index (χ4v) is 4.63. The molecule has 0 aliphatic carbocycles. The molecule has 1 aromatic heterocycles. The molecule has 4 nitrogen and oxygen atoms in total. The van der Waals surface area contributed by atoms with Crippen molar-refractivity contribution in [2.24, 2.45) is 0 Å². The van der Waals surface area contributed by atoms with Crippen LogP contribution in [0.15, 0.2) is 41.6 Å². The summed E-state index contributed by atoms with van der Waals surface area (Å²) in [5, 5.41) is 0. The Hall–Kier alpha value is -1.72. The number of sulfonamides is 1. The molecule has 1 N–H and O–H groups in total. The Morgan fingerprint density at radius 1 is 1.09 bits per heavy atom. The predicted octanol–water partition coefficient (Wildman–Crippen LogP) is 3.22. The van der Waals surface area contributed by atoms with E-state index in [1.165, 1.54) is 0 Å². The number of pyridine rings is 1. The van der Waals surface area contributed by atoms with Crippen LogP contribution in [0.3, 0.4) is 0 Å². The molecule has 118 valence electrons. The molecule has 0 unspecified atom stereocenters. The van der Waals surface area contributed by atoms with E-state index in [2.05, 4.69) is 9.71 Å². The van der Waals surface area contributed by atoms with E-state index in [9.17, 15) is 8.42 Å². The molecule has 2 rings (SSSR count). The zero-order chi connectivity index (χ0) is 16.5. The van der Waals surface area contributed by atoms with Crippen LogP contribution >= 0.6 is 0 Å². The maximum Gasteiger partial charge on any atom is 0.241 e. The fourth-order valence-electron chi connectivity index (χ4n) is 2.77. The summed E-state index contributed by atoms with van der Waals surface area (Å²) in [6.07, 6.45) is 3.35. The molecule has 1 aromatic carbocycles. The minimum Gasteiger partial charge on any atom is -0.264 e. The molecule has 0 amide bonds. The van der Waals surface area contributed by atoms with E-state index >= 15 is 0 Å². The molecule has 22 heavy (non-hydrogen) atoms. The van der Waals surface area contributed by atoms with Gasteiger partial charge in [0.15, 0.2) is 0 Å². The first-order chi connectivity index (χ1) is 10.1. The summed E-state index contributed by atoms with van der Waals surface area (Å²) in [5.74, 6) is 0. The van der Waals surface area contributed by atoms with E-state index in [1.807, 2.05) is 52.8 Å². The highest BCUT2D eigenvalue weighted by molar-refractivity contribution is 7.89. The molecule has 1 heterocycles. The first-order valence-corrected chi connectivity index (χ1v) is 8.64. The highest BCUT2D eigenvalue weighted by Gasteiger charge is 2.30.